The summed E-state index contributed by atoms with van der Waals surface area (Å²) in [4.78, 5) is 19.1. The highest BCUT2D eigenvalue weighted by atomic mass is 16.5. The average Bonchev–Trinajstić information content (AvgIpc) is 3.18. The Balaban J connectivity index is 1.46. The fourth-order valence-electron chi connectivity index (χ4n) is 2.42. The molecule has 1 aromatic heterocycles. The number of hydrogen-bond donors (Lipinski definition) is 1. The molecule has 2 aromatic carbocycles. The summed E-state index contributed by atoms with van der Waals surface area (Å²) in [6.07, 6.45) is 8.77. The van der Waals surface area contributed by atoms with E-state index in [2.05, 4.69) is 9.97 Å². The number of H-pyrrole nitrogens is 1. The number of aryl methyl sites for hydroxylation is 1. The maximum atomic E-state index is 12.0. The van der Waals surface area contributed by atoms with E-state index in [4.69, 9.17) is 4.74 Å². The third-order valence-corrected chi connectivity index (χ3v) is 3.78. The summed E-state index contributed by atoms with van der Waals surface area (Å²) in [6, 6.07) is 17.0. The number of carbonyl (C=O) groups is 1. The fraction of sp³-hybridized carbons (Fsp3) is 0.143. The topological polar surface area (TPSA) is 55.0 Å². The maximum absolute atomic E-state index is 12.0. The Labute approximate surface area is 147 Å². The van der Waals surface area contributed by atoms with Crippen molar-refractivity contribution in [3.63, 3.8) is 0 Å². The van der Waals surface area contributed by atoms with Crippen LogP contribution in [0.25, 0.3) is 6.08 Å². The number of aromatic nitrogens is 2. The van der Waals surface area contributed by atoms with Crippen LogP contribution in [0.1, 0.15) is 28.0 Å². The van der Waals surface area contributed by atoms with Crippen molar-refractivity contribution in [3.05, 3.63) is 90.0 Å². The molecule has 0 aliphatic heterocycles. The Bertz CT molecular complexity index is 807. The van der Waals surface area contributed by atoms with Gasteiger partial charge in [0.15, 0.2) is 5.78 Å². The molecule has 0 aliphatic rings. The van der Waals surface area contributed by atoms with Gasteiger partial charge in [-0.05, 0) is 36.6 Å². The normalized spacial score (nSPS) is 10.9. The number of ketones is 1. The van der Waals surface area contributed by atoms with Crippen molar-refractivity contribution < 1.29 is 9.53 Å². The number of rotatable bonds is 8. The average molecular weight is 332 g/mol. The maximum Gasteiger partial charge on any atom is 0.185 e. The Morgan fingerprint density at radius 1 is 1.08 bits per heavy atom. The van der Waals surface area contributed by atoms with Crippen LogP contribution in [-0.2, 0) is 6.42 Å². The first kappa shape index (κ1) is 16.7. The number of ether oxygens (including phenoxy) is 1. The second kappa shape index (κ2) is 8.64. The molecule has 0 fully saturated rings. The van der Waals surface area contributed by atoms with Gasteiger partial charge in [0.25, 0.3) is 0 Å². The van der Waals surface area contributed by atoms with Crippen LogP contribution in [-0.4, -0.2) is 22.4 Å². The lowest BCUT2D eigenvalue weighted by molar-refractivity contribution is 0.104. The molecule has 0 amide bonds. The molecule has 4 nitrogen and oxygen atoms in total. The molecule has 0 saturated heterocycles. The Morgan fingerprint density at radius 2 is 1.88 bits per heavy atom. The SMILES string of the molecule is O=C(/C=C/c1ccc(OCCCc2cnc[nH]2)cc1)c1ccccc1. The molecule has 25 heavy (non-hydrogen) atoms. The van der Waals surface area contributed by atoms with E-state index in [0.717, 1.165) is 29.8 Å². The number of carbonyl (C=O) groups excluding carboxylic acids is 1. The molecule has 3 rings (SSSR count). The summed E-state index contributed by atoms with van der Waals surface area (Å²) in [5.74, 6) is 0.830. The molecule has 1 N–H and O–H groups in total. The summed E-state index contributed by atoms with van der Waals surface area (Å²) in [6.45, 7) is 0.653. The van der Waals surface area contributed by atoms with Gasteiger partial charge in [0, 0.05) is 17.5 Å². The summed E-state index contributed by atoms with van der Waals surface area (Å²) >= 11 is 0. The smallest absolute Gasteiger partial charge is 0.185 e. The van der Waals surface area contributed by atoms with Gasteiger partial charge >= 0.3 is 0 Å². The minimum Gasteiger partial charge on any atom is -0.494 e. The monoisotopic (exact) mass is 332 g/mol. The van der Waals surface area contributed by atoms with Crippen molar-refractivity contribution in [2.24, 2.45) is 0 Å². The van der Waals surface area contributed by atoms with Gasteiger partial charge in [-0.25, -0.2) is 4.98 Å². The second-order valence-corrected chi connectivity index (χ2v) is 5.66. The lowest BCUT2D eigenvalue weighted by Crippen LogP contribution is -1.99. The second-order valence-electron chi connectivity index (χ2n) is 5.66. The predicted molar refractivity (Wildman–Crippen MR) is 98.7 cm³/mol. The summed E-state index contributed by atoms with van der Waals surface area (Å²) < 4.78 is 5.73. The molecule has 1 heterocycles. The zero-order valence-corrected chi connectivity index (χ0v) is 13.9. The lowest BCUT2D eigenvalue weighted by Gasteiger charge is -2.05. The number of imidazole rings is 1. The van der Waals surface area contributed by atoms with Gasteiger partial charge in [-0.2, -0.15) is 0 Å². The Morgan fingerprint density at radius 3 is 2.60 bits per heavy atom. The van der Waals surface area contributed by atoms with Crippen LogP contribution in [0, 0.1) is 0 Å². The van der Waals surface area contributed by atoms with Crippen LogP contribution in [0.4, 0.5) is 0 Å². The van der Waals surface area contributed by atoms with E-state index < -0.39 is 0 Å². The predicted octanol–water partition coefficient (Wildman–Crippen LogP) is 4.32. The first-order valence-corrected chi connectivity index (χ1v) is 8.29. The van der Waals surface area contributed by atoms with Crippen LogP contribution < -0.4 is 4.74 Å². The highest BCUT2D eigenvalue weighted by Gasteiger charge is 2.00. The quantitative estimate of drug-likeness (QED) is 0.380. The molecule has 0 unspecified atom stereocenters. The molecular weight excluding hydrogens is 312 g/mol. The summed E-state index contributed by atoms with van der Waals surface area (Å²) in [5.41, 5.74) is 2.78. The van der Waals surface area contributed by atoms with E-state index in [1.54, 1.807) is 12.4 Å². The van der Waals surface area contributed by atoms with Gasteiger partial charge in [-0.1, -0.05) is 48.5 Å². The molecule has 126 valence electrons. The molecule has 0 aliphatic carbocycles. The molecule has 0 saturated carbocycles. The largest absolute Gasteiger partial charge is 0.494 e. The fourth-order valence-corrected chi connectivity index (χ4v) is 2.42. The zero-order chi connectivity index (χ0) is 17.3. The van der Waals surface area contributed by atoms with E-state index in [1.807, 2.05) is 66.9 Å². The lowest BCUT2D eigenvalue weighted by atomic mass is 10.1. The Kier molecular flexibility index (Phi) is 5.77. The van der Waals surface area contributed by atoms with E-state index in [-0.39, 0.29) is 5.78 Å². The van der Waals surface area contributed by atoms with E-state index in [0.29, 0.717) is 12.2 Å². The Hall–Kier alpha value is -3.14. The van der Waals surface area contributed by atoms with Crippen LogP contribution in [0.2, 0.25) is 0 Å². The van der Waals surface area contributed by atoms with Crippen LogP contribution in [0.3, 0.4) is 0 Å². The minimum atomic E-state index is -0.000247. The van der Waals surface area contributed by atoms with Gasteiger partial charge in [0.1, 0.15) is 5.75 Å². The molecular formula is C21H20N2O2. The number of nitrogens with one attached hydrogen (secondary N) is 1. The first-order chi connectivity index (χ1) is 12.3. The van der Waals surface area contributed by atoms with Gasteiger partial charge < -0.3 is 9.72 Å². The van der Waals surface area contributed by atoms with Crippen molar-refractivity contribution >= 4 is 11.9 Å². The molecule has 0 atom stereocenters. The van der Waals surface area contributed by atoms with E-state index in [1.165, 1.54) is 0 Å². The van der Waals surface area contributed by atoms with Crippen molar-refractivity contribution in [2.45, 2.75) is 12.8 Å². The summed E-state index contributed by atoms with van der Waals surface area (Å²) in [7, 11) is 0. The molecule has 0 radical (unpaired) electrons. The standard InChI is InChI=1S/C21H20N2O2/c24-21(18-5-2-1-3-6-18)13-10-17-8-11-20(12-9-17)25-14-4-7-19-15-22-16-23-19/h1-3,5-6,8-13,15-16H,4,7,14H2,(H,22,23)/b13-10+. The highest BCUT2D eigenvalue weighted by Crippen LogP contribution is 2.14. The number of nitrogens with zero attached hydrogens (tertiary/aromatic N) is 1. The van der Waals surface area contributed by atoms with Gasteiger partial charge in [0.2, 0.25) is 0 Å². The third-order valence-electron chi connectivity index (χ3n) is 3.78. The molecule has 4 heteroatoms. The summed E-state index contributed by atoms with van der Waals surface area (Å²) in [5, 5.41) is 0. The van der Waals surface area contributed by atoms with Crippen molar-refractivity contribution in [1.82, 2.24) is 9.97 Å². The number of benzene rings is 2. The van der Waals surface area contributed by atoms with Crippen molar-refractivity contribution in [1.29, 1.82) is 0 Å². The van der Waals surface area contributed by atoms with Crippen molar-refractivity contribution in [3.8, 4) is 5.75 Å². The molecule has 3 aromatic rings. The van der Waals surface area contributed by atoms with Crippen LogP contribution in [0.15, 0.2) is 73.2 Å². The minimum absolute atomic E-state index is 0.000247. The van der Waals surface area contributed by atoms with Crippen LogP contribution in [0.5, 0.6) is 5.75 Å². The van der Waals surface area contributed by atoms with E-state index >= 15 is 0 Å². The van der Waals surface area contributed by atoms with Gasteiger partial charge in [0.05, 0.1) is 12.9 Å². The third kappa shape index (κ3) is 5.18. The zero-order valence-electron chi connectivity index (χ0n) is 13.9. The van der Waals surface area contributed by atoms with Gasteiger partial charge in [-0.3, -0.25) is 4.79 Å². The van der Waals surface area contributed by atoms with Gasteiger partial charge in [-0.15, -0.1) is 0 Å². The number of allylic oxidation sites excluding steroid dienone is 1. The first-order valence-electron chi connectivity index (χ1n) is 8.29. The highest BCUT2D eigenvalue weighted by molar-refractivity contribution is 6.06. The molecule has 0 spiro atoms. The number of hydrogen-bond acceptors (Lipinski definition) is 3. The molecule has 0 bridgehead atoms. The van der Waals surface area contributed by atoms with Crippen LogP contribution >= 0.6 is 0 Å². The van der Waals surface area contributed by atoms with E-state index in [9.17, 15) is 4.79 Å². The number of aromatic amines is 1. The van der Waals surface area contributed by atoms with Crippen molar-refractivity contribution in [2.75, 3.05) is 6.61 Å².